The lowest BCUT2D eigenvalue weighted by molar-refractivity contribution is 0.102. The standard InChI is InChI=1S/C16H19N3O3/c1-4-10-7-6-8-11(5-2)14(10)18-15(21)12-9-13(20)19(3)16(22)17-12/h6-9H,4-5H2,1-3H3,(H,17,22)(H,18,21). The molecule has 1 aromatic carbocycles. The van der Waals surface area contributed by atoms with E-state index in [1.807, 2.05) is 32.0 Å². The number of aryl methyl sites for hydroxylation is 2. The maximum absolute atomic E-state index is 12.3. The molecule has 116 valence electrons. The fourth-order valence-corrected chi connectivity index (χ4v) is 2.26. The van der Waals surface area contributed by atoms with Gasteiger partial charge in [0.05, 0.1) is 0 Å². The maximum atomic E-state index is 12.3. The molecule has 0 spiro atoms. The Morgan fingerprint density at radius 3 is 2.27 bits per heavy atom. The average molecular weight is 301 g/mol. The number of carbonyl (C=O) groups is 1. The maximum Gasteiger partial charge on any atom is 0.328 e. The zero-order chi connectivity index (χ0) is 16.3. The highest BCUT2D eigenvalue weighted by molar-refractivity contribution is 6.03. The Bertz CT molecular complexity index is 765. The topological polar surface area (TPSA) is 84.0 Å². The Hall–Kier alpha value is -2.63. The monoisotopic (exact) mass is 301 g/mol. The molecule has 1 aromatic heterocycles. The molecular formula is C16H19N3O3. The predicted octanol–water partition coefficient (Wildman–Crippen LogP) is 1.45. The number of carbonyl (C=O) groups excluding carboxylic acids is 1. The number of amides is 1. The number of nitrogens with one attached hydrogen (secondary N) is 2. The smallest absolute Gasteiger partial charge is 0.320 e. The van der Waals surface area contributed by atoms with Gasteiger partial charge in [0, 0.05) is 18.8 Å². The molecule has 2 N–H and O–H groups in total. The molecule has 0 aliphatic carbocycles. The second-order valence-electron chi connectivity index (χ2n) is 5.00. The Morgan fingerprint density at radius 2 is 1.77 bits per heavy atom. The molecule has 0 aliphatic rings. The molecule has 0 fully saturated rings. The average Bonchev–Trinajstić information content (AvgIpc) is 2.52. The van der Waals surface area contributed by atoms with Crippen LogP contribution in [-0.2, 0) is 19.9 Å². The molecule has 1 heterocycles. The second kappa shape index (κ2) is 6.43. The van der Waals surface area contributed by atoms with E-state index in [1.165, 1.54) is 7.05 Å². The van der Waals surface area contributed by atoms with E-state index in [1.54, 1.807) is 0 Å². The highest BCUT2D eigenvalue weighted by atomic mass is 16.2. The fourth-order valence-electron chi connectivity index (χ4n) is 2.26. The van der Waals surface area contributed by atoms with E-state index < -0.39 is 17.2 Å². The van der Waals surface area contributed by atoms with Gasteiger partial charge in [0.25, 0.3) is 11.5 Å². The molecule has 2 aromatic rings. The van der Waals surface area contributed by atoms with Gasteiger partial charge in [0.1, 0.15) is 5.69 Å². The third kappa shape index (κ3) is 3.00. The van der Waals surface area contributed by atoms with Crippen LogP contribution in [0.3, 0.4) is 0 Å². The van der Waals surface area contributed by atoms with Crippen LogP contribution in [0.25, 0.3) is 0 Å². The number of para-hydroxylation sites is 1. The van der Waals surface area contributed by atoms with Crippen molar-refractivity contribution in [3.05, 3.63) is 61.9 Å². The van der Waals surface area contributed by atoms with Gasteiger partial charge in [-0.25, -0.2) is 4.79 Å². The highest BCUT2D eigenvalue weighted by Gasteiger charge is 2.13. The summed E-state index contributed by atoms with van der Waals surface area (Å²) in [4.78, 5) is 38.0. The number of benzene rings is 1. The minimum absolute atomic E-state index is 0.0407. The molecule has 22 heavy (non-hydrogen) atoms. The summed E-state index contributed by atoms with van der Waals surface area (Å²) in [5, 5.41) is 2.81. The van der Waals surface area contributed by atoms with Crippen LogP contribution in [-0.4, -0.2) is 15.5 Å². The van der Waals surface area contributed by atoms with E-state index in [0.29, 0.717) is 0 Å². The SMILES string of the molecule is CCc1cccc(CC)c1NC(=O)c1cc(=O)n(C)c(=O)[nH]1. The molecule has 6 nitrogen and oxygen atoms in total. The van der Waals surface area contributed by atoms with E-state index >= 15 is 0 Å². The normalized spacial score (nSPS) is 10.5. The van der Waals surface area contributed by atoms with Gasteiger partial charge in [0.2, 0.25) is 0 Å². The molecule has 0 saturated carbocycles. The van der Waals surface area contributed by atoms with Gasteiger partial charge in [-0.1, -0.05) is 32.0 Å². The first-order valence-corrected chi connectivity index (χ1v) is 7.20. The number of anilines is 1. The summed E-state index contributed by atoms with van der Waals surface area (Å²) in [5.41, 5.74) is 1.60. The predicted molar refractivity (Wildman–Crippen MR) is 85.5 cm³/mol. The number of rotatable bonds is 4. The first-order valence-electron chi connectivity index (χ1n) is 7.20. The van der Waals surface area contributed by atoms with Crippen LogP contribution in [0.2, 0.25) is 0 Å². The third-order valence-electron chi connectivity index (χ3n) is 3.63. The van der Waals surface area contributed by atoms with Gasteiger partial charge in [-0.2, -0.15) is 0 Å². The number of aromatic amines is 1. The molecule has 0 radical (unpaired) electrons. The lowest BCUT2D eigenvalue weighted by Gasteiger charge is -2.14. The Balaban J connectivity index is 2.42. The van der Waals surface area contributed by atoms with Crippen molar-refractivity contribution in [1.29, 1.82) is 0 Å². The molecule has 0 atom stereocenters. The third-order valence-corrected chi connectivity index (χ3v) is 3.63. The second-order valence-corrected chi connectivity index (χ2v) is 5.00. The highest BCUT2D eigenvalue weighted by Crippen LogP contribution is 2.22. The van der Waals surface area contributed by atoms with Gasteiger partial charge in [0.15, 0.2) is 0 Å². The molecule has 6 heteroatoms. The van der Waals surface area contributed by atoms with Gasteiger partial charge in [-0.15, -0.1) is 0 Å². The molecular weight excluding hydrogens is 282 g/mol. The van der Waals surface area contributed by atoms with E-state index in [0.717, 1.165) is 40.3 Å². The summed E-state index contributed by atoms with van der Waals surface area (Å²) in [7, 11) is 1.35. The quantitative estimate of drug-likeness (QED) is 0.896. The Kier molecular flexibility index (Phi) is 4.60. The van der Waals surface area contributed by atoms with Crippen molar-refractivity contribution in [3.63, 3.8) is 0 Å². The van der Waals surface area contributed by atoms with Crippen molar-refractivity contribution in [2.45, 2.75) is 26.7 Å². The van der Waals surface area contributed by atoms with Gasteiger partial charge in [-0.05, 0) is 24.0 Å². The first-order chi connectivity index (χ1) is 10.5. The summed E-state index contributed by atoms with van der Waals surface area (Å²) in [6, 6.07) is 6.97. The lowest BCUT2D eigenvalue weighted by atomic mass is 10.0. The van der Waals surface area contributed by atoms with E-state index in [9.17, 15) is 14.4 Å². The fraction of sp³-hybridized carbons (Fsp3) is 0.312. The number of aromatic nitrogens is 2. The van der Waals surface area contributed by atoms with E-state index in [2.05, 4.69) is 10.3 Å². The number of hydrogen-bond donors (Lipinski definition) is 2. The van der Waals surface area contributed by atoms with Crippen molar-refractivity contribution < 1.29 is 4.79 Å². The number of hydrogen-bond acceptors (Lipinski definition) is 3. The zero-order valence-corrected chi connectivity index (χ0v) is 12.9. The zero-order valence-electron chi connectivity index (χ0n) is 12.9. The largest absolute Gasteiger partial charge is 0.328 e. The Morgan fingerprint density at radius 1 is 1.18 bits per heavy atom. The van der Waals surface area contributed by atoms with Crippen LogP contribution in [0.1, 0.15) is 35.5 Å². The van der Waals surface area contributed by atoms with Gasteiger partial charge >= 0.3 is 5.69 Å². The van der Waals surface area contributed by atoms with Crippen LogP contribution < -0.4 is 16.6 Å². The van der Waals surface area contributed by atoms with Crippen LogP contribution in [0.15, 0.2) is 33.9 Å². The summed E-state index contributed by atoms with van der Waals surface area (Å²) in [5.74, 6) is -0.495. The van der Waals surface area contributed by atoms with Gasteiger partial charge in [-0.3, -0.25) is 14.2 Å². The lowest BCUT2D eigenvalue weighted by Crippen LogP contribution is -2.35. The van der Waals surface area contributed by atoms with E-state index in [-0.39, 0.29) is 5.69 Å². The van der Waals surface area contributed by atoms with Crippen molar-refractivity contribution in [3.8, 4) is 0 Å². The van der Waals surface area contributed by atoms with E-state index in [4.69, 9.17) is 0 Å². The first kappa shape index (κ1) is 15.8. The van der Waals surface area contributed by atoms with Crippen LogP contribution >= 0.6 is 0 Å². The molecule has 0 aliphatic heterocycles. The minimum atomic E-state index is -0.614. The molecule has 0 saturated heterocycles. The molecule has 2 rings (SSSR count). The molecule has 0 bridgehead atoms. The van der Waals surface area contributed by atoms with Crippen molar-refractivity contribution in [2.24, 2.45) is 7.05 Å². The number of nitrogens with zero attached hydrogens (tertiary/aromatic N) is 1. The van der Waals surface area contributed by atoms with Crippen molar-refractivity contribution in [1.82, 2.24) is 9.55 Å². The number of H-pyrrole nitrogens is 1. The Labute approximate surface area is 127 Å². The molecule has 1 amide bonds. The van der Waals surface area contributed by atoms with Gasteiger partial charge < -0.3 is 10.3 Å². The summed E-state index contributed by atoms with van der Waals surface area (Å²) >= 11 is 0. The molecule has 0 unspecified atom stereocenters. The van der Waals surface area contributed by atoms with Crippen molar-refractivity contribution in [2.75, 3.05) is 5.32 Å². The van der Waals surface area contributed by atoms with Crippen LogP contribution in [0.4, 0.5) is 5.69 Å². The summed E-state index contributed by atoms with van der Waals surface area (Å²) < 4.78 is 0.911. The van der Waals surface area contributed by atoms with Crippen molar-refractivity contribution >= 4 is 11.6 Å². The van der Waals surface area contributed by atoms with Crippen LogP contribution in [0.5, 0.6) is 0 Å². The summed E-state index contributed by atoms with van der Waals surface area (Å²) in [6.07, 6.45) is 1.55. The van der Waals surface area contributed by atoms with Crippen LogP contribution in [0, 0.1) is 0 Å². The summed E-state index contributed by atoms with van der Waals surface area (Å²) in [6.45, 7) is 4.01. The minimum Gasteiger partial charge on any atom is -0.320 e.